The van der Waals surface area contributed by atoms with Gasteiger partial charge < -0.3 is 5.73 Å². The summed E-state index contributed by atoms with van der Waals surface area (Å²) in [5.41, 5.74) is 6.02. The number of hydrogen-bond donors (Lipinski definition) is 1. The lowest BCUT2D eigenvalue weighted by Gasteiger charge is -2.17. The van der Waals surface area contributed by atoms with Crippen molar-refractivity contribution in [2.75, 3.05) is 0 Å². The number of hydrogen-bond acceptors (Lipinski definition) is 2. The van der Waals surface area contributed by atoms with E-state index in [0.29, 0.717) is 23.4 Å². The normalized spacial score (nSPS) is 11.8. The maximum atomic E-state index is 13.1. The number of nitrogens with two attached hydrogens (primary N) is 1. The third kappa shape index (κ3) is 3.60. The van der Waals surface area contributed by atoms with Crippen LogP contribution in [0.2, 0.25) is 5.02 Å². The Balaban J connectivity index is 2.72. The molecular weight excluding hydrogens is 203 g/mol. The summed E-state index contributed by atoms with van der Waals surface area (Å²) in [7, 11) is 0. The van der Waals surface area contributed by atoms with Gasteiger partial charge in [-0.25, -0.2) is 4.98 Å². The van der Waals surface area contributed by atoms with E-state index >= 15 is 0 Å². The number of aromatic nitrogens is 1. The summed E-state index contributed by atoms with van der Waals surface area (Å²) in [6.07, 6.45) is 2.56. The third-order valence-electron chi connectivity index (χ3n) is 1.92. The predicted octanol–water partition coefficient (Wildman–Crippen LogP) is 2.54. The van der Waals surface area contributed by atoms with Crippen molar-refractivity contribution in [2.24, 2.45) is 5.73 Å². The second kappa shape index (κ2) is 4.24. The molecule has 0 aliphatic heterocycles. The first-order valence-corrected chi connectivity index (χ1v) is 4.85. The molecule has 0 amide bonds. The van der Waals surface area contributed by atoms with Crippen LogP contribution in [0.3, 0.4) is 0 Å². The molecule has 0 fully saturated rings. The Morgan fingerprint density at radius 3 is 2.79 bits per heavy atom. The van der Waals surface area contributed by atoms with Crippen molar-refractivity contribution < 1.29 is 4.39 Å². The molecule has 0 aliphatic carbocycles. The SMILES string of the molecule is CC(C)(N)CCc1cc(Cl)cnc1F. The number of rotatable bonds is 3. The average molecular weight is 217 g/mol. The Hall–Kier alpha value is -0.670. The second-order valence-corrected chi connectivity index (χ2v) is 4.53. The molecule has 1 heterocycles. The molecule has 0 saturated carbocycles. The van der Waals surface area contributed by atoms with E-state index in [1.54, 1.807) is 6.07 Å². The molecule has 0 spiro atoms. The summed E-state index contributed by atoms with van der Waals surface area (Å²) < 4.78 is 13.1. The molecule has 78 valence electrons. The van der Waals surface area contributed by atoms with Crippen LogP contribution in [-0.2, 0) is 6.42 Å². The molecule has 0 saturated heterocycles. The molecule has 0 radical (unpaired) electrons. The minimum absolute atomic E-state index is 0.297. The molecule has 4 heteroatoms. The van der Waals surface area contributed by atoms with Gasteiger partial charge in [-0.2, -0.15) is 4.39 Å². The van der Waals surface area contributed by atoms with Gasteiger partial charge in [-0.1, -0.05) is 11.6 Å². The van der Waals surface area contributed by atoms with E-state index in [9.17, 15) is 4.39 Å². The zero-order valence-electron chi connectivity index (χ0n) is 8.35. The van der Waals surface area contributed by atoms with Crippen LogP contribution in [0, 0.1) is 5.95 Å². The first kappa shape index (κ1) is 11.4. The lowest BCUT2D eigenvalue weighted by molar-refractivity contribution is 0.466. The smallest absolute Gasteiger partial charge is 0.216 e. The highest BCUT2D eigenvalue weighted by Crippen LogP contribution is 2.16. The third-order valence-corrected chi connectivity index (χ3v) is 2.12. The monoisotopic (exact) mass is 216 g/mol. The first-order valence-electron chi connectivity index (χ1n) is 4.47. The van der Waals surface area contributed by atoms with Gasteiger partial charge >= 0.3 is 0 Å². The van der Waals surface area contributed by atoms with E-state index in [0.717, 1.165) is 0 Å². The summed E-state index contributed by atoms with van der Waals surface area (Å²) in [6, 6.07) is 1.59. The van der Waals surface area contributed by atoms with Crippen molar-refractivity contribution in [1.82, 2.24) is 4.98 Å². The molecule has 0 bridgehead atoms. The van der Waals surface area contributed by atoms with Gasteiger partial charge in [0, 0.05) is 17.3 Å². The Labute approximate surface area is 88.3 Å². The van der Waals surface area contributed by atoms with Gasteiger partial charge in [0.1, 0.15) is 0 Å². The fraction of sp³-hybridized carbons (Fsp3) is 0.500. The maximum absolute atomic E-state index is 13.1. The number of aryl methyl sites for hydroxylation is 1. The molecule has 14 heavy (non-hydrogen) atoms. The summed E-state index contributed by atoms with van der Waals surface area (Å²) in [4.78, 5) is 3.54. The van der Waals surface area contributed by atoms with Crippen molar-refractivity contribution in [1.29, 1.82) is 0 Å². The van der Waals surface area contributed by atoms with E-state index in [2.05, 4.69) is 4.98 Å². The van der Waals surface area contributed by atoms with Crippen molar-refractivity contribution in [3.63, 3.8) is 0 Å². The Kier molecular flexibility index (Phi) is 3.45. The molecule has 1 aromatic rings. The van der Waals surface area contributed by atoms with Crippen LogP contribution >= 0.6 is 11.6 Å². The summed E-state index contributed by atoms with van der Waals surface area (Å²) >= 11 is 5.71. The number of pyridine rings is 1. The molecule has 0 aromatic carbocycles. The molecule has 2 nitrogen and oxygen atoms in total. The van der Waals surface area contributed by atoms with Gasteiger partial charge in [0.2, 0.25) is 5.95 Å². The van der Waals surface area contributed by atoms with Crippen molar-refractivity contribution >= 4 is 11.6 Å². The predicted molar refractivity (Wildman–Crippen MR) is 55.8 cm³/mol. The minimum atomic E-state index is -0.460. The van der Waals surface area contributed by atoms with Crippen LogP contribution in [0.5, 0.6) is 0 Å². The number of nitrogens with zero attached hydrogens (tertiary/aromatic N) is 1. The topological polar surface area (TPSA) is 38.9 Å². The highest BCUT2D eigenvalue weighted by atomic mass is 35.5. The van der Waals surface area contributed by atoms with Crippen molar-refractivity contribution in [3.8, 4) is 0 Å². The quantitative estimate of drug-likeness (QED) is 0.789. The summed E-state index contributed by atoms with van der Waals surface area (Å²) in [5.74, 6) is -0.460. The average Bonchev–Trinajstić information content (AvgIpc) is 2.05. The van der Waals surface area contributed by atoms with Crippen LogP contribution in [0.4, 0.5) is 4.39 Å². The van der Waals surface area contributed by atoms with E-state index in [1.165, 1.54) is 6.20 Å². The van der Waals surface area contributed by atoms with Crippen LogP contribution in [0.1, 0.15) is 25.8 Å². The zero-order chi connectivity index (χ0) is 10.8. The van der Waals surface area contributed by atoms with Gasteiger partial charge in [-0.3, -0.25) is 0 Å². The summed E-state index contributed by atoms with van der Waals surface area (Å²) in [6.45, 7) is 3.81. The van der Waals surface area contributed by atoms with Crippen LogP contribution in [0.25, 0.3) is 0 Å². The second-order valence-electron chi connectivity index (χ2n) is 4.09. The minimum Gasteiger partial charge on any atom is -0.326 e. The fourth-order valence-electron chi connectivity index (χ4n) is 1.10. The van der Waals surface area contributed by atoms with Gasteiger partial charge in [0.05, 0.1) is 5.02 Å². The Bertz CT molecular complexity index is 320. The zero-order valence-corrected chi connectivity index (χ0v) is 9.11. The van der Waals surface area contributed by atoms with E-state index in [4.69, 9.17) is 17.3 Å². The standard InChI is InChI=1S/C10H14ClFN2/c1-10(2,13)4-3-7-5-8(11)6-14-9(7)12/h5-6H,3-4,13H2,1-2H3. The Morgan fingerprint density at radius 2 is 2.21 bits per heavy atom. The molecule has 0 atom stereocenters. The fourth-order valence-corrected chi connectivity index (χ4v) is 1.28. The van der Waals surface area contributed by atoms with E-state index in [1.807, 2.05) is 13.8 Å². The molecule has 0 unspecified atom stereocenters. The lowest BCUT2D eigenvalue weighted by atomic mass is 9.97. The van der Waals surface area contributed by atoms with Gasteiger partial charge in [0.25, 0.3) is 0 Å². The van der Waals surface area contributed by atoms with Crippen molar-refractivity contribution in [3.05, 3.63) is 28.8 Å². The molecule has 0 aliphatic rings. The van der Waals surface area contributed by atoms with E-state index in [-0.39, 0.29) is 5.54 Å². The summed E-state index contributed by atoms with van der Waals surface area (Å²) in [5, 5.41) is 0.455. The van der Waals surface area contributed by atoms with Crippen LogP contribution in [0.15, 0.2) is 12.3 Å². The van der Waals surface area contributed by atoms with Crippen LogP contribution < -0.4 is 5.73 Å². The van der Waals surface area contributed by atoms with E-state index < -0.39 is 5.95 Å². The number of halogens is 2. The van der Waals surface area contributed by atoms with Crippen LogP contribution in [-0.4, -0.2) is 10.5 Å². The molecule has 1 rings (SSSR count). The molecule has 1 aromatic heterocycles. The lowest BCUT2D eigenvalue weighted by Crippen LogP contribution is -2.32. The van der Waals surface area contributed by atoms with Crippen molar-refractivity contribution in [2.45, 2.75) is 32.2 Å². The largest absolute Gasteiger partial charge is 0.326 e. The van der Waals surface area contributed by atoms with Gasteiger partial charge in [-0.05, 0) is 32.8 Å². The Morgan fingerprint density at radius 1 is 1.57 bits per heavy atom. The molecule has 2 N–H and O–H groups in total. The molecular formula is C10H14ClFN2. The van der Waals surface area contributed by atoms with Gasteiger partial charge in [-0.15, -0.1) is 0 Å². The maximum Gasteiger partial charge on any atom is 0.216 e. The highest BCUT2D eigenvalue weighted by molar-refractivity contribution is 6.30. The van der Waals surface area contributed by atoms with Gasteiger partial charge in [0.15, 0.2) is 0 Å². The first-order chi connectivity index (χ1) is 6.38. The highest BCUT2D eigenvalue weighted by Gasteiger charge is 2.12.